The van der Waals surface area contributed by atoms with Gasteiger partial charge in [0.25, 0.3) is 5.91 Å². The Kier molecular flexibility index (Phi) is 3.82. The number of anilines is 1. The molecule has 4 heteroatoms. The van der Waals surface area contributed by atoms with Crippen molar-refractivity contribution in [2.45, 2.75) is 0 Å². The molecule has 2 aromatic rings. The van der Waals surface area contributed by atoms with E-state index in [4.69, 9.17) is 11.6 Å². The molecule has 0 heterocycles. The Morgan fingerprint density at radius 2 is 1.71 bits per heavy atom. The smallest absolute Gasteiger partial charge is 0.255 e. The number of hydrogen-bond acceptors (Lipinski definition) is 1. The average molecular weight is 311 g/mol. The Morgan fingerprint density at radius 1 is 1.06 bits per heavy atom. The van der Waals surface area contributed by atoms with Crippen molar-refractivity contribution in [3.8, 4) is 0 Å². The number of carbonyl (C=O) groups is 1. The molecular formula is C13H9BrClNO. The largest absolute Gasteiger partial charge is 0.321 e. The van der Waals surface area contributed by atoms with Gasteiger partial charge in [-0.25, -0.2) is 0 Å². The Labute approximate surface area is 113 Å². The lowest BCUT2D eigenvalue weighted by Gasteiger charge is -2.06. The van der Waals surface area contributed by atoms with Crippen LogP contribution < -0.4 is 5.32 Å². The molecule has 0 spiro atoms. The van der Waals surface area contributed by atoms with Crippen LogP contribution in [0.4, 0.5) is 5.69 Å². The lowest BCUT2D eigenvalue weighted by atomic mass is 10.2. The standard InChI is InChI=1S/C13H9BrClNO/c14-10-7-5-9(6-8-10)13(17)16-12-4-2-1-3-11(12)15/h1-8H,(H,16,17). The van der Waals surface area contributed by atoms with Gasteiger partial charge < -0.3 is 5.32 Å². The summed E-state index contributed by atoms with van der Waals surface area (Å²) in [4.78, 5) is 11.9. The van der Waals surface area contributed by atoms with E-state index in [0.717, 1.165) is 4.47 Å². The van der Waals surface area contributed by atoms with Crippen LogP contribution in [0.3, 0.4) is 0 Å². The highest BCUT2D eigenvalue weighted by Crippen LogP contribution is 2.21. The lowest BCUT2D eigenvalue weighted by molar-refractivity contribution is 0.102. The van der Waals surface area contributed by atoms with E-state index in [1.807, 2.05) is 24.3 Å². The van der Waals surface area contributed by atoms with Crippen molar-refractivity contribution in [2.75, 3.05) is 5.32 Å². The fourth-order valence-corrected chi connectivity index (χ4v) is 1.81. The van der Waals surface area contributed by atoms with Gasteiger partial charge in [-0.1, -0.05) is 39.7 Å². The molecule has 1 N–H and O–H groups in total. The summed E-state index contributed by atoms with van der Waals surface area (Å²) in [5, 5.41) is 3.29. The second-order valence-electron chi connectivity index (χ2n) is 3.44. The minimum absolute atomic E-state index is 0.175. The Hall–Kier alpha value is -1.32. The summed E-state index contributed by atoms with van der Waals surface area (Å²) in [5.74, 6) is -0.175. The quantitative estimate of drug-likeness (QED) is 0.877. The first-order valence-electron chi connectivity index (χ1n) is 4.98. The Bertz CT molecular complexity index is 539. The number of benzene rings is 2. The molecule has 0 aliphatic heterocycles. The number of amides is 1. The highest BCUT2D eigenvalue weighted by Gasteiger charge is 2.07. The van der Waals surface area contributed by atoms with Crippen LogP contribution in [0, 0.1) is 0 Å². The highest BCUT2D eigenvalue weighted by atomic mass is 79.9. The summed E-state index contributed by atoms with van der Waals surface area (Å²) < 4.78 is 0.937. The zero-order chi connectivity index (χ0) is 12.3. The maximum absolute atomic E-state index is 11.9. The highest BCUT2D eigenvalue weighted by molar-refractivity contribution is 9.10. The molecule has 2 rings (SSSR count). The number of nitrogens with one attached hydrogen (secondary N) is 1. The van der Waals surface area contributed by atoms with Gasteiger partial charge >= 0.3 is 0 Å². The summed E-state index contributed by atoms with van der Waals surface area (Å²) in [6.45, 7) is 0. The first-order valence-corrected chi connectivity index (χ1v) is 6.15. The van der Waals surface area contributed by atoms with Crippen molar-refractivity contribution in [3.63, 3.8) is 0 Å². The van der Waals surface area contributed by atoms with Crippen molar-refractivity contribution in [3.05, 3.63) is 63.6 Å². The number of halogens is 2. The van der Waals surface area contributed by atoms with Gasteiger partial charge in [0, 0.05) is 10.0 Å². The fraction of sp³-hybridized carbons (Fsp3) is 0. The van der Waals surface area contributed by atoms with Crippen molar-refractivity contribution in [2.24, 2.45) is 0 Å². The molecule has 17 heavy (non-hydrogen) atoms. The predicted molar refractivity (Wildman–Crippen MR) is 73.5 cm³/mol. The van der Waals surface area contributed by atoms with E-state index in [2.05, 4.69) is 21.2 Å². The van der Waals surface area contributed by atoms with Gasteiger partial charge in [-0.05, 0) is 36.4 Å². The van der Waals surface area contributed by atoms with Crippen LogP contribution >= 0.6 is 27.5 Å². The molecule has 0 saturated heterocycles. The van der Waals surface area contributed by atoms with Crippen LogP contribution in [0.1, 0.15) is 10.4 Å². The van der Waals surface area contributed by atoms with E-state index in [0.29, 0.717) is 16.3 Å². The zero-order valence-electron chi connectivity index (χ0n) is 8.78. The SMILES string of the molecule is O=C(Nc1ccccc1Cl)c1ccc(Br)cc1. The first-order chi connectivity index (χ1) is 8.16. The molecule has 1 amide bonds. The van der Waals surface area contributed by atoms with Crippen LogP contribution in [0.2, 0.25) is 5.02 Å². The Morgan fingerprint density at radius 3 is 2.35 bits per heavy atom. The van der Waals surface area contributed by atoms with Crippen LogP contribution in [-0.4, -0.2) is 5.91 Å². The second kappa shape index (κ2) is 5.34. The van der Waals surface area contributed by atoms with Crippen molar-refractivity contribution < 1.29 is 4.79 Å². The van der Waals surface area contributed by atoms with E-state index >= 15 is 0 Å². The molecule has 0 saturated carbocycles. The number of rotatable bonds is 2. The van der Waals surface area contributed by atoms with Crippen LogP contribution in [0.25, 0.3) is 0 Å². The van der Waals surface area contributed by atoms with E-state index in [1.54, 1.807) is 24.3 Å². The third-order valence-electron chi connectivity index (χ3n) is 2.23. The summed E-state index contributed by atoms with van der Waals surface area (Å²) in [6.07, 6.45) is 0. The molecule has 2 aromatic carbocycles. The summed E-state index contributed by atoms with van der Waals surface area (Å²) in [5.41, 5.74) is 1.20. The van der Waals surface area contributed by atoms with E-state index < -0.39 is 0 Å². The Balaban J connectivity index is 2.17. The van der Waals surface area contributed by atoms with Crippen LogP contribution in [0.5, 0.6) is 0 Å². The molecule has 0 aliphatic rings. The lowest BCUT2D eigenvalue weighted by Crippen LogP contribution is -2.11. The van der Waals surface area contributed by atoms with Gasteiger partial charge in [0.1, 0.15) is 0 Å². The van der Waals surface area contributed by atoms with Crippen molar-refractivity contribution in [1.82, 2.24) is 0 Å². The minimum Gasteiger partial charge on any atom is -0.321 e. The monoisotopic (exact) mass is 309 g/mol. The molecular weight excluding hydrogens is 302 g/mol. The maximum atomic E-state index is 11.9. The predicted octanol–water partition coefficient (Wildman–Crippen LogP) is 4.35. The molecule has 0 aliphatic carbocycles. The molecule has 0 atom stereocenters. The second-order valence-corrected chi connectivity index (χ2v) is 4.76. The summed E-state index contributed by atoms with van der Waals surface area (Å²) in [6, 6.07) is 14.3. The summed E-state index contributed by atoms with van der Waals surface area (Å²) >= 11 is 9.28. The van der Waals surface area contributed by atoms with Crippen molar-refractivity contribution in [1.29, 1.82) is 0 Å². The molecule has 0 unspecified atom stereocenters. The van der Waals surface area contributed by atoms with Gasteiger partial charge in [-0.2, -0.15) is 0 Å². The van der Waals surface area contributed by atoms with Gasteiger partial charge in [-0.15, -0.1) is 0 Å². The average Bonchev–Trinajstić information content (AvgIpc) is 2.33. The van der Waals surface area contributed by atoms with Crippen LogP contribution in [0.15, 0.2) is 53.0 Å². The van der Waals surface area contributed by atoms with Gasteiger partial charge in [0.05, 0.1) is 10.7 Å². The zero-order valence-corrected chi connectivity index (χ0v) is 11.1. The molecule has 0 bridgehead atoms. The van der Waals surface area contributed by atoms with Crippen LogP contribution in [-0.2, 0) is 0 Å². The normalized spacial score (nSPS) is 10.0. The number of hydrogen-bond donors (Lipinski definition) is 1. The van der Waals surface area contributed by atoms with Gasteiger partial charge in [0.2, 0.25) is 0 Å². The van der Waals surface area contributed by atoms with E-state index in [9.17, 15) is 4.79 Å². The van der Waals surface area contributed by atoms with Gasteiger partial charge in [0.15, 0.2) is 0 Å². The molecule has 0 radical (unpaired) electrons. The van der Waals surface area contributed by atoms with Crippen molar-refractivity contribution >= 4 is 39.1 Å². The van der Waals surface area contributed by atoms with E-state index in [1.165, 1.54) is 0 Å². The molecule has 0 fully saturated rings. The molecule has 0 aromatic heterocycles. The summed E-state index contributed by atoms with van der Waals surface area (Å²) in [7, 11) is 0. The maximum Gasteiger partial charge on any atom is 0.255 e. The third-order valence-corrected chi connectivity index (χ3v) is 3.09. The molecule has 2 nitrogen and oxygen atoms in total. The third kappa shape index (κ3) is 3.08. The number of carbonyl (C=O) groups excluding carboxylic acids is 1. The number of para-hydroxylation sites is 1. The molecule has 86 valence electrons. The van der Waals surface area contributed by atoms with E-state index in [-0.39, 0.29) is 5.91 Å². The fourth-order valence-electron chi connectivity index (χ4n) is 1.36. The van der Waals surface area contributed by atoms with Gasteiger partial charge in [-0.3, -0.25) is 4.79 Å². The topological polar surface area (TPSA) is 29.1 Å². The minimum atomic E-state index is -0.175. The first kappa shape index (κ1) is 12.1.